The molecule has 0 unspecified atom stereocenters. The molecule has 24 heavy (non-hydrogen) atoms. The predicted octanol–water partition coefficient (Wildman–Crippen LogP) is 3.45. The van der Waals surface area contributed by atoms with E-state index in [4.69, 9.17) is 16.1 Å². The van der Waals surface area contributed by atoms with Gasteiger partial charge in [-0.1, -0.05) is 16.8 Å². The van der Waals surface area contributed by atoms with Crippen molar-refractivity contribution in [3.05, 3.63) is 46.6 Å². The molecule has 0 spiro atoms. The molecule has 6 heteroatoms. The van der Waals surface area contributed by atoms with Gasteiger partial charge in [0, 0.05) is 43.9 Å². The molecule has 0 aromatic carbocycles. The number of carbonyl (C=O) groups is 1. The monoisotopic (exact) mass is 347 g/mol. The zero-order chi connectivity index (χ0) is 16.9. The Balaban J connectivity index is 1.43. The molecule has 3 heterocycles. The number of pyridine rings is 1. The number of nitrogens with zero attached hydrogens (tertiary/aromatic N) is 3. The fourth-order valence-corrected chi connectivity index (χ4v) is 3.40. The molecule has 1 aliphatic heterocycles. The zero-order valence-corrected chi connectivity index (χ0v) is 14.6. The molecule has 1 saturated heterocycles. The van der Waals surface area contributed by atoms with Gasteiger partial charge in [0.1, 0.15) is 5.76 Å². The number of hydrogen-bond acceptors (Lipinski definition) is 4. The van der Waals surface area contributed by atoms with Gasteiger partial charge in [-0.15, -0.1) is 0 Å². The minimum Gasteiger partial charge on any atom is -0.360 e. The third-order valence-corrected chi connectivity index (χ3v) is 4.75. The maximum Gasteiger partial charge on any atom is 0.223 e. The Hall–Kier alpha value is -1.88. The molecular weight excluding hydrogens is 326 g/mol. The lowest BCUT2D eigenvalue weighted by Crippen LogP contribution is -2.39. The van der Waals surface area contributed by atoms with Crippen molar-refractivity contribution in [3.8, 4) is 0 Å². The molecule has 5 nitrogen and oxygen atoms in total. The first-order chi connectivity index (χ1) is 11.6. The van der Waals surface area contributed by atoms with Crippen LogP contribution in [0.1, 0.15) is 36.3 Å². The van der Waals surface area contributed by atoms with Crippen LogP contribution in [0.4, 0.5) is 0 Å². The molecule has 1 fully saturated rings. The van der Waals surface area contributed by atoms with E-state index in [9.17, 15) is 4.79 Å². The van der Waals surface area contributed by atoms with Crippen LogP contribution < -0.4 is 0 Å². The standard InChI is InChI=1S/C18H22ClN3O2/c1-13-10-15(4-7-20-13)11-14-5-8-22(9-6-14)18(23)3-2-16-12-17(19)21-24-16/h4,7,10,12,14H,2-3,5-6,8-9,11H2,1H3. The summed E-state index contributed by atoms with van der Waals surface area (Å²) in [6, 6.07) is 5.91. The Labute approximate surface area is 147 Å². The second kappa shape index (κ2) is 7.79. The van der Waals surface area contributed by atoms with Gasteiger partial charge in [-0.2, -0.15) is 0 Å². The topological polar surface area (TPSA) is 59.2 Å². The quantitative estimate of drug-likeness (QED) is 0.831. The van der Waals surface area contributed by atoms with Crippen molar-refractivity contribution in [1.82, 2.24) is 15.0 Å². The number of aryl methyl sites for hydroxylation is 2. The van der Waals surface area contributed by atoms with E-state index in [2.05, 4.69) is 22.3 Å². The van der Waals surface area contributed by atoms with Crippen LogP contribution in [0.3, 0.4) is 0 Å². The van der Waals surface area contributed by atoms with Gasteiger partial charge in [0.05, 0.1) is 0 Å². The van der Waals surface area contributed by atoms with E-state index in [1.165, 1.54) is 5.56 Å². The third kappa shape index (κ3) is 4.57. The average molecular weight is 348 g/mol. The second-order valence-electron chi connectivity index (χ2n) is 6.45. The van der Waals surface area contributed by atoms with Gasteiger partial charge in [0.15, 0.2) is 5.15 Å². The van der Waals surface area contributed by atoms with Crippen LogP contribution in [-0.2, 0) is 17.6 Å². The molecule has 0 bridgehead atoms. The lowest BCUT2D eigenvalue weighted by atomic mass is 9.90. The van der Waals surface area contributed by atoms with Crippen molar-refractivity contribution < 1.29 is 9.32 Å². The molecule has 2 aromatic heterocycles. The Kier molecular flexibility index (Phi) is 5.51. The molecule has 0 N–H and O–H groups in total. The highest BCUT2D eigenvalue weighted by molar-refractivity contribution is 6.29. The fourth-order valence-electron chi connectivity index (χ4n) is 3.24. The Morgan fingerprint density at radius 2 is 2.17 bits per heavy atom. The van der Waals surface area contributed by atoms with Gasteiger partial charge >= 0.3 is 0 Å². The first-order valence-electron chi connectivity index (χ1n) is 8.40. The molecule has 0 radical (unpaired) electrons. The number of likely N-dealkylation sites (tertiary alicyclic amines) is 1. The summed E-state index contributed by atoms with van der Waals surface area (Å²) in [6.45, 7) is 3.70. The number of piperidine rings is 1. The van der Waals surface area contributed by atoms with Crippen LogP contribution in [0.15, 0.2) is 28.9 Å². The van der Waals surface area contributed by atoms with Gasteiger partial charge in [0.25, 0.3) is 0 Å². The SMILES string of the molecule is Cc1cc(CC2CCN(C(=O)CCc3cc(Cl)no3)CC2)ccn1. The molecule has 128 valence electrons. The van der Waals surface area contributed by atoms with Crippen molar-refractivity contribution in [2.45, 2.75) is 39.0 Å². The van der Waals surface area contributed by atoms with E-state index >= 15 is 0 Å². The van der Waals surface area contributed by atoms with Gasteiger partial charge in [-0.25, -0.2) is 0 Å². The van der Waals surface area contributed by atoms with E-state index in [1.54, 1.807) is 6.07 Å². The zero-order valence-electron chi connectivity index (χ0n) is 13.9. The molecule has 0 aliphatic carbocycles. The first kappa shape index (κ1) is 17.0. The fraction of sp³-hybridized carbons (Fsp3) is 0.500. The smallest absolute Gasteiger partial charge is 0.223 e. The summed E-state index contributed by atoms with van der Waals surface area (Å²) in [5.74, 6) is 1.49. The van der Waals surface area contributed by atoms with Crippen molar-refractivity contribution in [2.24, 2.45) is 5.92 Å². The van der Waals surface area contributed by atoms with Crippen molar-refractivity contribution in [1.29, 1.82) is 0 Å². The lowest BCUT2D eigenvalue weighted by molar-refractivity contribution is -0.132. The van der Waals surface area contributed by atoms with Crippen molar-refractivity contribution in [3.63, 3.8) is 0 Å². The van der Waals surface area contributed by atoms with Crippen LogP contribution in [0.5, 0.6) is 0 Å². The number of aromatic nitrogens is 2. The van der Waals surface area contributed by atoms with Crippen molar-refractivity contribution >= 4 is 17.5 Å². The number of amides is 1. The van der Waals surface area contributed by atoms with E-state index in [0.29, 0.717) is 29.7 Å². The molecule has 2 aromatic rings. The Morgan fingerprint density at radius 3 is 2.83 bits per heavy atom. The van der Waals surface area contributed by atoms with Gasteiger partial charge in [-0.05, 0) is 49.8 Å². The van der Waals surface area contributed by atoms with Crippen molar-refractivity contribution in [2.75, 3.05) is 13.1 Å². The largest absolute Gasteiger partial charge is 0.360 e. The first-order valence-corrected chi connectivity index (χ1v) is 8.78. The van der Waals surface area contributed by atoms with E-state index in [0.717, 1.165) is 38.0 Å². The number of rotatable bonds is 5. The van der Waals surface area contributed by atoms with Crippen LogP contribution in [0.25, 0.3) is 0 Å². The van der Waals surface area contributed by atoms with Gasteiger partial charge in [-0.3, -0.25) is 9.78 Å². The average Bonchev–Trinajstić information content (AvgIpc) is 2.99. The summed E-state index contributed by atoms with van der Waals surface area (Å²) in [4.78, 5) is 18.5. The number of halogens is 1. The van der Waals surface area contributed by atoms with E-state index in [-0.39, 0.29) is 5.91 Å². The molecule has 3 rings (SSSR count). The summed E-state index contributed by atoms with van der Waals surface area (Å²) < 4.78 is 5.04. The van der Waals surface area contributed by atoms with E-state index in [1.807, 2.05) is 18.0 Å². The van der Waals surface area contributed by atoms with E-state index < -0.39 is 0 Å². The minimum absolute atomic E-state index is 0.181. The number of hydrogen-bond donors (Lipinski definition) is 0. The Bertz CT molecular complexity index is 693. The highest BCUT2D eigenvalue weighted by Crippen LogP contribution is 2.22. The second-order valence-corrected chi connectivity index (χ2v) is 6.84. The van der Waals surface area contributed by atoms with Crippen LogP contribution >= 0.6 is 11.6 Å². The van der Waals surface area contributed by atoms with Crippen LogP contribution in [0, 0.1) is 12.8 Å². The van der Waals surface area contributed by atoms with Crippen LogP contribution in [-0.4, -0.2) is 34.0 Å². The maximum absolute atomic E-state index is 12.3. The van der Waals surface area contributed by atoms with Gasteiger partial charge in [0.2, 0.25) is 5.91 Å². The third-order valence-electron chi connectivity index (χ3n) is 4.57. The molecular formula is C18H22ClN3O2. The summed E-state index contributed by atoms with van der Waals surface area (Å²) >= 11 is 5.71. The molecule has 0 saturated carbocycles. The normalized spacial score (nSPS) is 15.7. The Morgan fingerprint density at radius 1 is 1.38 bits per heavy atom. The van der Waals surface area contributed by atoms with Crippen LogP contribution in [0.2, 0.25) is 5.15 Å². The molecule has 0 atom stereocenters. The molecule has 1 aliphatic rings. The summed E-state index contributed by atoms with van der Waals surface area (Å²) in [7, 11) is 0. The minimum atomic E-state index is 0.181. The summed E-state index contributed by atoms with van der Waals surface area (Å²) in [5.41, 5.74) is 2.40. The molecule has 1 amide bonds. The highest BCUT2D eigenvalue weighted by Gasteiger charge is 2.23. The summed E-state index contributed by atoms with van der Waals surface area (Å²) in [6.07, 6.45) is 6.05. The summed E-state index contributed by atoms with van der Waals surface area (Å²) in [5, 5.41) is 3.96. The lowest BCUT2D eigenvalue weighted by Gasteiger charge is -2.32. The predicted molar refractivity (Wildman–Crippen MR) is 91.8 cm³/mol. The highest BCUT2D eigenvalue weighted by atomic mass is 35.5. The van der Waals surface area contributed by atoms with Gasteiger partial charge < -0.3 is 9.42 Å². The maximum atomic E-state index is 12.3. The number of carbonyl (C=O) groups excluding carboxylic acids is 1.